The molecule has 0 spiro atoms. The number of hydrogen-bond acceptors (Lipinski definition) is 14. The summed E-state index contributed by atoms with van der Waals surface area (Å²) in [6.45, 7) is 12.1. The predicted octanol–water partition coefficient (Wildman–Crippen LogP) is 1.22. The first-order valence-electron chi connectivity index (χ1n) is 20.9. The van der Waals surface area contributed by atoms with Crippen LogP contribution in [-0.2, 0) is 38.1 Å². The molecule has 6 fully saturated rings. The van der Waals surface area contributed by atoms with E-state index in [9.17, 15) is 65.1 Å². The third-order valence-corrected chi connectivity index (χ3v) is 17.4. The highest BCUT2D eigenvalue weighted by atomic mass is 16.8. The summed E-state index contributed by atoms with van der Waals surface area (Å²) in [5.74, 6) is -4.49. The van der Waals surface area contributed by atoms with E-state index in [2.05, 4.69) is 26.8 Å². The van der Waals surface area contributed by atoms with Gasteiger partial charge in [-0.1, -0.05) is 46.3 Å². The molecule has 20 atom stereocenters. The maximum absolute atomic E-state index is 13.8. The van der Waals surface area contributed by atoms with Crippen molar-refractivity contribution in [3.05, 3.63) is 11.6 Å². The summed E-state index contributed by atoms with van der Waals surface area (Å²) in [6, 6.07) is 0. The van der Waals surface area contributed by atoms with Gasteiger partial charge in [-0.25, -0.2) is 9.59 Å². The first kappa shape index (κ1) is 44.5. The zero-order chi connectivity index (χ0) is 43.6. The minimum absolute atomic E-state index is 0.0103. The Kier molecular flexibility index (Phi) is 11.1. The molecule has 5 aliphatic carbocycles. The molecule has 17 heteroatoms. The van der Waals surface area contributed by atoms with Crippen LogP contribution in [0.4, 0.5) is 0 Å². The van der Waals surface area contributed by atoms with Crippen LogP contribution in [0.15, 0.2) is 11.6 Å². The van der Waals surface area contributed by atoms with Gasteiger partial charge < -0.3 is 64.9 Å². The van der Waals surface area contributed by atoms with E-state index >= 15 is 0 Å². The lowest BCUT2D eigenvalue weighted by Crippen LogP contribution is -2.68. The number of hydrogen-bond donors (Lipinski definition) is 9. The van der Waals surface area contributed by atoms with Crippen LogP contribution in [0.5, 0.6) is 0 Å². The summed E-state index contributed by atoms with van der Waals surface area (Å²) < 4.78 is 23.3. The predicted molar refractivity (Wildman–Crippen MR) is 201 cm³/mol. The summed E-state index contributed by atoms with van der Waals surface area (Å²) in [5.41, 5.74) is -2.52. The highest BCUT2D eigenvalue weighted by molar-refractivity contribution is 5.92. The van der Waals surface area contributed by atoms with Crippen LogP contribution in [0.25, 0.3) is 0 Å². The van der Waals surface area contributed by atoms with E-state index in [1.165, 1.54) is 5.57 Å². The average Bonchev–Trinajstić information content (AvgIpc) is 3.16. The zero-order valence-electron chi connectivity index (χ0n) is 34.5. The van der Waals surface area contributed by atoms with Crippen molar-refractivity contribution in [3.8, 4) is 0 Å². The fourth-order valence-corrected chi connectivity index (χ4v) is 13.4. The summed E-state index contributed by atoms with van der Waals surface area (Å²) in [4.78, 5) is 50.2. The summed E-state index contributed by atoms with van der Waals surface area (Å²) in [7, 11) is 0. The second kappa shape index (κ2) is 14.8. The third kappa shape index (κ3) is 6.38. The van der Waals surface area contributed by atoms with Crippen LogP contribution >= 0.6 is 0 Å². The first-order chi connectivity index (χ1) is 27.3. The lowest BCUT2D eigenvalue weighted by molar-refractivity contribution is -0.372. The van der Waals surface area contributed by atoms with E-state index in [0.717, 1.165) is 12.8 Å². The van der Waals surface area contributed by atoms with Crippen LogP contribution in [0.3, 0.4) is 0 Å². The number of Topliss-reactive ketones (excluding diaryl/α,β-unsaturated/α-hetero) is 1. The molecule has 4 saturated carbocycles. The Balaban J connectivity index is 1.18. The molecule has 0 aromatic rings. The molecule has 59 heavy (non-hydrogen) atoms. The van der Waals surface area contributed by atoms with Crippen molar-refractivity contribution in [1.82, 2.24) is 0 Å². The van der Waals surface area contributed by atoms with E-state index in [4.69, 9.17) is 18.9 Å². The van der Waals surface area contributed by atoms with E-state index in [0.29, 0.717) is 38.5 Å². The number of aliphatic hydroxyl groups is 6. The van der Waals surface area contributed by atoms with Gasteiger partial charge in [0.1, 0.15) is 42.4 Å². The van der Waals surface area contributed by atoms with Crippen molar-refractivity contribution in [3.63, 3.8) is 0 Å². The van der Waals surface area contributed by atoms with Crippen molar-refractivity contribution >= 4 is 23.7 Å². The highest BCUT2D eigenvalue weighted by Crippen LogP contribution is 2.75. The summed E-state index contributed by atoms with van der Waals surface area (Å²) in [5, 5.41) is 94.4. The number of carboxylic acid groups (broad SMARTS) is 3. The molecule has 0 amide bonds. The first-order valence-corrected chi connectivity index (χ1v) is 20.9. The van der Waals surface area contributed by atoms with Gasteiger partial charge in [-0.3, -0.25) is 9.59 Å². The van der Waals surface area contributed by atoms with Gasteiger partial charge in [0, 0.05) is 17.3 Å². The number of carbonyl (C=O) groups excluding carboxylic acids is 1. The molecule has 0 radical (unpaired) electrons. The third-order valence-electron chi connectivity index (χ3n) is 17.4. The second-order valence-electron chi connectivity index (χ2n) is 20.3. The Morgan fingerprint density at radius 1 is 0.746 bits per heavy atom. The number of aliphatic hydroxyl groups excluding tert-OH is 6. The average molecular weight is 839 g/mol. The quantitative estimate of drug-likeness (QED) is 0.123. The molecule has 0 bridgehead atoms. The van der Waals surface area contributed by atoms with Crippen LogP contribution in [0, 0.1) is 50.2 Å². The molecule has 9 N–H and O–H groups in total. The Morgan fingerprint density at radius 3 is 1.95 bits per heavy atom. The number of fused-ring (bicyclic) bond motifs is 7. The van der Waals surface area contributed by atoms with Gasteiger partial charge in [0.15, 0.2) is 24.8 Å². The Bertz CT molecular complexity index is 1750. The number of allylic oxidation sites excluding steroid dienone is 2. The minimum Gasteiger partial charge on any atom is -0.481 e. The van der Waals surface area contributed by atoms with Gasteiger partial charge in [-0.05, 0) is 92.3 Å². The van der Waals surface area contributed by atoms with Gasteiger partial charge >= 0.3 is 17.9 Å². The molecular weight excluding hydrogens is 776 g/mol. The van der Waals surface area contributed by atoms with E-state index in [-0.39, 0.29) is 52.8 Å². The van der Waals surface area contributed by atoms with Crippen LogP contribution in [-0.4, -0.2) is 144 Å². The Hall–Kier alpha value is -2.58. The zero-order valence-corrected chi connectivity index (χ0v) is 34.5. The molecule has 2 heterocycles. The van der Waals surface area contributed by atoms with Gasteiger partial charge in [-0.15, -0.1) is 0 Å². The maximum Gasteiger partial charge on any atom is 0.335 e. The summed E-state index contributed by atoms with van der Waals surface area (Å²) in [6.07, 6.45) is -13.5. The lowest BCUT2D eigenvalue weighted by Gasteiger charge is -2.71. The number of ketones is 1. The maximum atomic E-state index is 13.8. The van der Waals surface area contributed by atoms with E-state index in [1.54, 1.807) is 6.92 Å². The van der Waals surface area contributed by atoms with E-state index in [1.807, 2.05) is 13.8 Å². The van der Waals surface area contributed by atoms with Crippen molar-refractivity contribution in [2.24, 2.45) is 50.2 Å². The van der Waals surface area contributed by atoms with E-state index < -0.39 is 102 Å². The normalized spacial score (nSPS) is 53.5. The van der Waals surface area contributed by atoms with Gasteiger partial charge in [0.05, 0.1) is 18.1 Å². The van der Waals surface area contributed by atoms with Gasteiger partial charge in [0.2, 0.25) is 0 Å². The number of carbonyl (C=O) groups is 4. The summed E-state index contributed by atoms with van der Waals surface area (Å²) >= 11 is 0. The van der Waals surface area contributed by atoms with Crippen molar-refractivity contribution in [1.29, 1.82) is 0 Å². The van der Waals surface area contributed by atoms with Crippen LogP contribution < -0.4 is 0 Å². The highest BCUT2D eigenvalue weighted by Gasteiger charge is 2.70. The van der Waals surface area contributed by atoms with Crippen molar-refractivity contribution in [2.45, 2.75) is 167 Å². The molecule has 7 aliphatic rings. The Labute approximate surface area is 342 Å². The smallest absolute Gasteiger partial charge is 0.335 e. The van der Waals surface area contributed by atoms with Gasteiger partial charge in [0.25, 0.3) is 0 Å². The van der Waals surface area contributed by atoms with Crippen LogP contribution in [0.1, 0.15) is 99.3 Å². The molecule has 7 rings (SSSR count). The number of ether oxygens (including phenoxy) is 4. The second-order valence-corrected chi connectivity index (χ2v) is 20.3. The van der Waals surface area contributed by atoms with Crippen molar-refractivity contribution < 1.29 is 84.1 Å². The largest absolute Gasteiger partial charge is 0.481 e. The molecule has 0 aromatic heterocycles. The number of aliphatic carboxylic acids is 3. The lowest BCUT2D eigenvalue weighted by atomic mass is 9.33. The minimum atomic E-state index is -2.08. The Morgan fingerprint density at radius 2 is 1.36 bits per heavy atom. The van der Waals surface area contributed by atoms with Crippen LogP contribution in [0.2, 0.25) is 0 Å². The van der Waals surface area contributed by atoms with Crippen molar-refractivity contribution in [2.75, 3.05) is 6.61 Å². The molecule has 20 unspecified atom stereocenters. The molecule has 2 saturated heterocycles. The fraction of sp³-hybridized carbons (Fsp3) is 0.857. The standard InChI is InChI=1S/C42H62O17/c1-37(36(54)55)15-19-18-7-8-21-39(3)11-10-23(40(4,17-43)20(39)9-12-42(21,6)41(18,5)14-13-38(19,2)22(44)16-37)56-35-31(27(48)26(47)30(58-35)33(52)53)59-34-28(49)24(45)25(46)29(57-34)32(50)51/h7,19-21,23-31,34-35,43,45-49H,8-17H2,1-6H3,(H,50,51)(H,52,53)(H,54,55). The number of rotatable bonds is 8. The molecule has 332 valence electrons. The molecule has 17 nitrogen and oxygen atoms in total. The fourth-order valence-electron chi connectivity index (χ4n) is 13.4. The SMILES string of the molecule is CC1(C(=O)O)CC(=O)C2(C)CCC3(C)C(=CCC4C5(C)CCC(OC6OC(C(=O)O)C(O)C(O)C6OC6OC(C(=O)O)C(O)C(O)C6O)C(C)(CO)C5CCC43C)C2C1. The monoisotopic (exact) mass is 838 g/mol. The molecule has 0 aromatic carbocycles. The molecule has 2 aliphatic heterocycles. The molecular formula is C42H62O17. The number of carboxylic acids is 3. The van der Waals surface area contributed by atoms with Gasteiger partial charge in [-0.2, -0.15) is 0 Å². The topological polar surface area (TPSA) is 287 Å².